The Kier molecular flexibility index (Phi) is 6.53. The highest BCUT2D eigenvalue weighted by atomic mass is 32.2. The lowest BCUT2D eigenvalue weighted by Crippen LogP contribution is -2.43. The van der Waals surface area contributed by atoms with Crippen LogP contribution in [0.2, 0.25) is 0 Å². The van der Waals surface area contributed by atoms with E-state index in [4.69, 9.17) is 0 Å². The van der Waals surface area contributed by atoms with E-state index in [2.05, 4.69) is 15.5 Å². The molecular weight excluding hydrogens is 440 g/mol. The van der Waals surface area contributed by atoms with Crippen molar-refractivity contribution in [3.63, 3.8) is 0 Å². The van der Waals surface area contributed by atoms with E-state index >= 15 is 0 Å². The molecule has 2 heterocycles. The summed E-state index contributed by atoms with van der Waals surface area (Å²) in [5.41, 5.74) is 2.39. The van der Waals surface area contributed by atoms with Crippen molar-refractivity contribution in [3.05, 3.63) is 59.8 Å². The first kappa shape index (κ1) is 23.0. The van der Waals surface area contributed by atoms with Gasteiger partial charge in [0.1, 0.15) is 11.4 Å². The van der Waals surface area contributed by atoms with Crippen molar-refractivity contribution in [3.8, 4) is 17.0 Å². The van der Waals surface area contributed by atoms with E-state index < -0.39 is 15.9 Å². The monoisotopic (exact) mass is 468 g/mol. The minimum absolute atomic E-state index is 0.0329. The molecule has 1 saturated heterocycles. The fourth-order valence-electron chi connectivity index (χ4n) is 4.18. The van der Waals surface area contributed by atoms with Gasteiger partial charge in [-0.05, 0) is 68.1 Å². The molecule has 0 spiro atoms. The third-order valence-corrected chi connectivity index (χ3v) is 8.07. The summed E-state index contributed by atoms with van der Waals surface area (Å²) in [4.78, 5) is 12.9. The maximum Gasteiger partial charge on any atom is 0.273 e. The first-order chi connectivity index (χ1) is 15.8. The number of nitrogens with one attached hydrogen (secondary N) is 2. The summed E-state index contributed by atoms with van der Waals surface area (Å²) in [5.74, 6) is -0.301. The number of sulfonamides is 1. The first-order valence-electron chi connectivity index (χ1n) is 11.1. The van der Waals surface area contributed by atoms with Crippen molar-refractivity contribution >= 4 is 21.6 Å². The topological polar surface area (TPSA) is 115 Å². The van der Waals surface area contributed by atoms with E-state index in [1.54, 1.807) is 47.6 Å². The maximum atomic E-state index is 13.1. The van der Waals surface area contributed by atoms with Gasteiger partial charge in [-0.15, -0.1) is 0 Å². The number of amides is 1. The maximum absolute atomic E-state index is 13.1. The molecule has 1 fully saturated rings. The highest BCUT2D eigenvalue weighted by Crippen LogP contribution is 2.31. The van der Waals surface area contributed by atoms with Gasteiger partial charge in [0.2, 0.25) is 10.0 Å². The fourth-order valence-corrected chi connectivity index (χ4v) is 5.95. The average Bonchev–Trinajstić information content (AvgIpc) is 3.31. The van der Waals surface area contributed by atoms with Crippen LogP contribution < -0.4 is 5.32 Å². The molecule has 0 bridgehead atoms. The molecule has 1 unspecified atom stereocenters. The van der Waals surface area contributed by atoms with Crippen LogP contribution in [0.4, 0.5) is 5.69 Å². The number of aryl methyl sites for hydroxylation is 1. The van der Waals surface area contributed by atoms with Gasteiger partial charge in [0.05, 0.1) is 10.6 Å². The van der Waals surface area contributed by atoms with Gasteiger partial charge in [-0.1, -0.05) is 25.5 Å². The third kappa shape index (κ3) is 4.65. The fraction of sp³-hybridized carbons (Fsp3) is 0.333. The Bertz CT molecular complexity index is 1250. The van der Waals surface area contributed by atoms with E-state index in [-0.39, 0.29) is 22.4 Å². The number of aromatic nitrogens is 2. The van der Waals surface area contributed by atoms with Crippen molar-refractivity contribution in [2.24, 2.45) is 0 Å². The largest absolute Gasteiger partial charge is 0.507 e. The lowest BCUT2D eigenvalue weighted by molar-refractivity contribution is 0.102. The van der Waals surface area contributed by atoms with E-state index in [1.807, 2.05) is 6.92 Å². The molecule has 0 radical (unpaired) electrons. The van der Waals surface area contributed by atoms with Crippen molar-refractivity contribution < 1.29 is 18.3 Å². The van der Waals surface area contributed by atoms with Crippen LogP contribution in [-0.4, -0.2) is 46.5 Å². The normalized spacial score (nSPS) is 17.1. The van der Waals surface area contributed by atoms with Crippen molar-refractivity contribution in [1.29, 1.82) is 0 Å². The number of anilines is 1. The van der Waals surface area contributed by atoms with Crippen molar-refractivity contribution in [1.82, 2.24) is 14.5 Å². The number of carbonyl (C=O) groups excluding carboxylic acids is 1. The summed E-state index contributed by atoms with van der Waals surface area (Å²) < 4.78 is 27.8. The van der Waals surface area contributed by atoms with Gasteiger partial charge in [0, 0.05) is 23.8 Å². The van der Waals surface area contributed by atoms with Gasteiger partial charge in [-0.2, -0.15) is 9.40 Å². The number of phenols is 1. The summed E-state index contributed by atoms with van der Waals surface area (Å²) in [6.45, 7) is 4.34. The van der Waals surface area contributed by atoms with Gasteiger partial charge in [0.15, 0.2) is 0 Å². The number of hydrogen-bond donors (Lipinski definition) is 3. The van der Waals surface area contributed by atoms with Crippen molar-refractivity contribution in [2.45, 2.75) is 50.5 Å². The van der Waals surface area contributed by atoms with Crippen LogP contribution in [0, 0.1) is 6.92 Å². The third-order valence-electron chi connectivity index (χ3n) is 6.10. The second-order valence-corrected chi connectivity index (χ2v) is 10.2. The second kappa shape index (κ2) is 9.36. The molecule has 174 valence electrons. The Hall–Kier alpha value is -3.17. The molecule has 2 aromatic carbocycles. The van der Waals surface area contributed by atoms with Crippen LogP contribution in [0.5, 0.6) is 5.75 Å². The predicted octanol–water partition coefficient (Wildman–Crippen LogP) is 4.30. The zero-order chi connectivity index (χ0) is 23.6. The summed E-state index contributed by atoms with van der Waals surface area (Å²) in [7, 11) is -3.57. The first-order valence-corrected chi connectivity index (χ1v) is 12.5. The summed E-state index contributed by atoms with van der Waals surface area (Å²) in [6.07, 6.45) is 3.60. The molecule has 3 N–H and O–H groups in total. The van der Waals surface area contributed by atoms with Crippen LogP contribution in [-0.2, 0) is 10.0 Å². The predicted molar refractivity (Wildman–Crippen MR) is 127 cm³/mol. The molecule has 3 aromatic rings. The lowest BCUT2D eigenvalue weighted by Gasteiger charge is -2.34. The number of carbonyl (C=O) groups is 1. The quantitative estimate of drug-likeness (QED) is 0.499. The number of phenolic OH excluding ortho intramolecular Hbond substituents is 1. The molecule has 33 heavy (non-hydrogen) atoms. The van der Waals surface area contributed by atoms with Crippen LogP contribution in [0.3, 0.4) is 0 Å². The standard InChI is InChI=1S/C24H28N4O4S/c1-3-18-8-4-5-14-28(18)33(31,32)19-12-10-17(11-13-19)25-24(30)22-15-21(26-27-22)20-9-6-7-16(2)23(20)29/h6-7,9-13,15,18,29H,3-5,8,14H2,1-2H3,(H,25,30)(H,26,27). The molecule has 1 aliphatic rings. The Balaban J connectivity index is 1.48. The molecule has 1 aliphatic heterocycles. The molecule has 0 aliphatic carbocycles. The van der Waals surface area contributed by atoms with E-state index in [9.17, 15) is 18.3 Å². The summed E-state index contributed by atoms with van der Waals surface area (Å²) in [6, 6.07) is 13.1. The Labute approximate surface area is 193 Å². The molecular formula is C24H28N4O4S. The number of aromatic amines is 1. The molecule has 1 aromatic heterocycles. The van der Waals surface area contributed by atoms with E-state index in [0.29, 0.717) is 29.1 Å². The number of H-pyrrole nitrogens is 1. The molecule has 1 amide bonds. The van der Waals surface area contributed by atoms with E-state index in [1.165, 1.54) is 12.1 Å². The van der Waals surface area contributed by atoms with Gasteiger partial charge in [0.25, 0.3) is 5.91 Å². The van der Waals surface area contributed by atoms with Crippen LogP contribution >= 0.6 is 0 Å². The zero-order valence-electron chi connectivity index (χ0n) is 18.7. The number of piperidine rings is 1. The smallest absolute Gasteiger partial charge is 0.273 e. The SMILES string of the molecule is CCC1CCCCN1S(=O)(=O)c1ccc(NC(=O)c2cc(-c3cccc(C)c3O)n[nH]2)cc1. The van der Waals surface area contributed by atoms with Crippen LogP contribution in [0.25, 0.3) is 11.3 Å². The van der Waals surface area contributed by atoms with Gasteiger partial charge in [-0.25, -0.2) is 8.42 Å². The number of hydrogen-bond acceptors (Lipinski definition) is 5. The Morgan fingerprint density at radius 3 is 2.70 bits per heavy atom. The number of aromatic hydroxyl groups is 1. The van der Waals surface area contributed by atoms with Gasteiger partial charge in [-0.3, -0.25) is 9.89 Å². The van der Waals surface area contributed by atoms with Gasteiger partial charge < -0.3 is 10.4 Å². The average molecular weight is 469 g/mol. The molecule has 0 saturated carbocycles. The zero-order valence-corrected chi connectivity index (χ0v) is 19.5. The Morgan fingerprint density at radius 1 is 1.21 bits per heavy atom. The van der Waals surface area contributed by atoms with Crippen molar-refractivity contribution in [2.75, 3.05) is 11.9 Å². The number of nitrogens with zero attached hydrogens (tertiary/aromatic N) is 2. The highest BCUT2D eigenvalue weighted by Gasteiger charge is 2.32. The van der Waals surface area contributed by atoms with E-state index in [0.717, 1.165) is 25.7 Å². The van der Waals surface area contributed by atoms with Crippen LogP contribution in [0.1, 0.15) is 48.7 Å². The highest BCUT2D eigenvalue weighted by molar-refractivity contribution is 7.89. The lowest BCUT2D eigenvalue weighted by atomic mass is 10.0. The summed E-state index contributed by atoms with van der Waals surface area (Å²) in [5, 5.41) is 19.8. The number of para-hydroxylation sites is 1. The number of benzene rings is 2. The minimum Gasteiger partial charge on any atom is -0.507 e. The second-order valence-electron chi connectivity index (χ2n) is 8.29. The summed E-state index contributed by atoms with van der Waals surface area (Å²) >= 11 is 0. The van der Waals surface area contributed by atoms with Crippen LogP contribution in [0.15, 0.2) is 53.4 Å². The molecule has 4 rings (SSSR count). The van der Waals surface area contributed by atoms with Gasteiger partial charge >= 0.3 is 0 Å². The molecule has 1 atom stereocenters. The Morgan fingerprint density at radius 2 is 1.97 bits per heavy atom. The molecule has 8 nitrogen and oxygen atoms in total. The number of rotatable bonds is 6. The molecule has 9 heteroatoms. The minimum atomic E-state index is -3.57.